The van der Waals surface area contributed by atoms with Crippen molar-refractivity contribution in [2.45, 2.75) is 57.2 Å². The van der Waals surface area contributed by atoms with Gasteiger partial charge in [-0.05, 0) is 67.0 Å². The van der Waals surface area contributed by atoms with Crippen molar-refractivity contribution in [3.05, 3.63) is 59.4 Å². The molecule has 0 spiro atoms. The molecule has 226 valence electrons. The first-order valence-corrected chi connectivity index (χ1v) is 16.0. The van der Waals surface area contributed by atoms with Crippen LogP contribution in [0.1, 0.15) is 39.0 Å². The quantitative estimate of drug-likeness (QED) is 0.205. The van der Waals surface area contributed by atoms with Gasteiger partial charge in [0.15, 0.2) is 5.82 Å². The molecule has 3 aliphatic rings. The number of hydrogen-bond donors (Lipinski definition) is 2. The van der Waals surface area contributed by atoms with E-state index in [2.05, 4.69) is 27.4 Å². The fourth-order valence-corrected chi connectivity index (χ4v) is 7.13. The van der Waals surface area contributed by atoms with E-state index in [0.29, 0.717) is 53.1 Å². The predicted octanol–water partition coefficient (Wildman–Crippen LogP) is 6.36. The SMILES string of the molecule is CC(CCOCC1CCCN1)COc1nc(N2CC3CCC(C2)N3)c2cc(Cl)c(-c3cccc4ccccc34)c(F)c2n1. The summed E-state index contributed by atoms with van der Waals surface area (Å²) in [6, 6.07) is 17.1. The maximum atomic E-state index is 16.7. The average molecular weight is 604 g/mol. The highest BCUT2D eigenvalue weighted by Gasteiger charge is 2.34. The summed E-state index contributed by atoms with van der Waals surface area (Å²) in [6.45, 7) is 6.67. The van der Waals surface area contributed by atoms with Crippen LogP contribution in [0.4, 0.5) is 10.2 Å². The van der Waals surface area contributed by atoms with Gasteiger partial charge in [0.25, 0.3) is 0 Å². The van der Waals surface area contributed by atoms with Gasteiger partial charge in [0.2, 0.25) is 0 Å². The Balaban J connectivity index is 1.20. The lowest BCUT2D eigenvalue weighted by Crippen LogP contribution is -2.51. The van der Waals surface area contributed by atoms with Crippen molar-refractivity contribution in [1.29, 1.82) is 0 Å². The Labute approximate surface area is 257 Å². The van der Waals surface area contributed by atoms with Crippen LogP contribution in [0.5, 0.6) is 6.01 Å². The Morgan fingerprint density at radius 1 is 1.05 bits per heavy atom. The average Bonchev–Trinajstić information content (AvgIpc) is 3.67. The second-order valence-corrected chi connectivity index (χ2v) is 12.8. The molecule has 1 aromatic heterocycles. The molecular weight excluding hydrogens is 565 g/mol. The third kappa shape index (κ3) is 6.03. The van der Waals surface area contributed by atoms with Crippen molar-refractivity contribution in [3.63, 3.8) is 0 Å². The molecule has 3 fully saturated rings. The second kappa shape index (κ2) is 12.5. The lowest BCUT2D eigenvalue weighted by atomic mass is 9.96. The van der Waals surface area contributed by atoms with Gasteiger partial charge in [-0.3, -0.25) is 0 Å². The normalized spacial score (nSPS) is 22.5. The molecule has 0 saturated carbocycles. The van der Waals surface area contributed by atoms with Crippen LogP contribution in [0.15, 0.2) is 48.5 Å². The van der Waals surface area contributed by atoms with Crippen molar-refractivity contribution in [3.8, 4) is 17.1 Å². The van der Waals surface area contributed by atoms with Gasteiger partial charge in [0.1, 0.15) is 11.3 Å². The molecule has 0 aliphatic carbocycles. The topological polar surface area (TPSA) is 71.5 Å². The van der Waals surface area contributed by atoms with Crippen molar-refractivity contribution in [2.24, 2.45) is 5.92 Å². The van der Waals surface area contributed by atoms with Gasteiger partial charge in [0.05, 0.1) is 18.2 Å². The van der Waals surface area contributed by atoms with Gasteiger partial charge >= 0.3 is 6.01 Å². The molecule has 3 aliphatic heterocycles. The molecule has 7 nitrogen and oxygen atoms in total. The van der Waals surface area contributed by atoms with Crippen molar-refractivity contribution in [1.82, 2.24) is 20.6 Å². The van der Waals surface area contributed by atoms with E-state index in [1.807, 2.05) is 48.5 Å². The monoisotopic (exact) mass is 603 g/mol. The molecule has 2 bridgehead atoms. The Hall–Kier alpha value is -3.04. The molecule has 4 heterocycles. The molecule has 0 radical (unpaired) electrons. The highest BCUT2D eigenvalue weighted by molar-refractivity contribution is 6.35. The molecular formula is C34H39ClFN5O2. The van der Waals surface area contributed by atoms with Crippen LogP contribution in [-0.2, 0) is 4.74 Å². The Morgan fingerprint density at radius 3 is 2.67 bits per heavy atom. The van der Waals surface area contributed by atoms with Gasteiger partial charge in [-0.2, -0.15) is 9.97 Å². The molecule has 9 heteroatoms. The van der Waals surface area contributed by atoms with Crippen LogP contribution >= 0.6 is 11.6 Å². The van der Waals surface area contributed by atoms with E-state index in [0.717, 1.165) is 61.8 Å². The van der Waals surface area contributed by atoms with Crippen LogP contribution in [0.2, 0.25) is 5.02 Å². The minimum absolute atomic E-state index is 0.196. The summed E-state index contributed by atoms with van der Waals surface area (Å²) in [5.41, 5.74) is 1.33. The number of fused-ring (bicyclic) bond motifs is 4. The molecule has 7 rings (SSSR count). The lowest BCUT2D eigenvalue weighted by molar-refractivity contribution is 0.0973. The number of piperazine rings is 1. The third-order valence-electron chi connectivity index (χ3n) is 9.15. The van der Waals surface area contributed by atoms with Crippen LogP contribution in [0.25, 0.3) is 32.8 Å². The number of anilines is 1. The van der Waals surface area contributed by atoms with Crippen molar-refractivity contribution in [2.75, 3.05) is 44.4 Å². The first-order chi connectivity index (χ1) is 21.0. The summed E-state index contributed by atoms with van der Waals surface area (Å²) in [6.07, 6.45) is 5.52. The smallest absolute Gasteiger partial charge is 0.319 e. The van der Waals surface area contributed by atoms with Gasteiger partial charge in [-0.15, -0.1) is 0 Å². The summed E-state index contributed by atoms with van der Waals surface area (Å²) in [5.74, 6) is 0.465. The standard InChI is InChI=1S/C34H39ClFN5O2/c1-21(13-15-42-20-25-8-5-14-37-25)19-43-34-39-32-28(33(40-34)41-17-23-11-12-24(18-41)38-23)16-29(35)30(31(32)36)27-10-4-7-22-6-2-3-9-26(22)27/h2-4,6-7,9-10,16,21,23-25,37-38H,5,8,11-15,17-20H2,1H3. The van der Waals surface area contributed by atoms with E-state index < -0.39 is 5.82 Å². The molecule has 4 atom stereocenters. The van der Waals surface area contributed by atoms with E-state index >= 15 is 4.39 Å². The fraction of sp³-hybridized carbons (Fsp3) is 0.471. The number of nitrogens with zero attached hydrogens (tertiary/aromatic N) is 3. The number of halogens is 2. The Kier molecular flexibility index (Phi) is 8.36. The first-order valence-electron chi connectivity index (χ1n) is 15.7. The molecule has 2 N–H and O–H groups in total. The number of hydrogen-bond acceptors (Lipinski definition) is 7. The Bertz CT molecular complexity index is 1600. The number of nitrogens with one attached hydrogen (secondary N) is 2. The number of rotatable bonds is 10. The summed E-state index contributed by atoms with van der Waals surface area (Å²) >= 11 is 6.89. The molecule has 3 saturated heterocycles. The highest BCUT2D eigenvalue weighted by atomic mass is 35.5. The maximum Gasteiger partial charge on any atom is 0.319 e. The zero-order valence-electron chi connectivity index (χ0n) is 24.6. The van der Waals surface area contributed by atoms with Crippen LogP contribution < -0.4 is 20.3 Å². The predicted molar refractivity (Wildman–Crippen MR) is 171 cm³/mol. The van der Waals surface area contributed by atoms with E-state index in [4.69, 9.17) is 26.1 Å². The minimum atomic E-state index is -0.451. The fourth-order valence-electron chi connectivity index (χ4n) is 6.83. The van der Waals surface area contributed by atoms with E-state index in [1.165, 1.54) is 12.8 Å². The minimum Gasteiger partial charge on any atom is -0.463 e. The van der Waals surface area contributed by atoms with Gasteiger partial charge in [0, 0.05) is 48.8 Å². The van der Waals surface area contributed by atoms with Crippen LogP contribution in [0.3, 0.4) is 0 Å². The zero-order chi connectivity index (χ0) is 29.3. The number of benzene rings is 3. The summed E-state index contributed by atoms with van der Waals surface area (Å²) < 4.78 is 28.8. The van der Waals surface area contributed by atoms with E-state index in [9.17, 15) is 0 Å². The van der Waals surface area contributed by atoms with Gasteiger partial charge in [-0.1, -0.05) is 61.0 Å². The molecule has 0 amide bonds. The summed E-state index contributed by atoms with van der Waals surface area (Å²) in [4.78, 5) is 11.8. The highest BCUT2D eigenvalue weighted by Crippen LogP contribution is 2.41. The molecule has 43 heavy (non-hydrogen) atoms. The lowest BCUT2D eigenvalue weighted by Gasteiger charge is -2.34. The zero-order valence-corrected chi connectivity index (χ0v) is 25.4. The number of ether oxygens (including phenoxy) is 2. The second-order valence-electron chi connectivity index (χ2n) is 12.4. The van der Waals surface area contributed by atoms with Crippen molar-refractivity contribution >= 4 is 39.1 Å². The molecule has 4 aromatic rings. The first kappa shape index (κ1) is 28.7. The van der Waals surface area contributed by atoms with Gasteiger partial charge < -0.3 is 25.0 Å². The number of aromatic nitrogens is 2. The Morgan fingerprint density at radius 2 is 1.86 bits per heavy atom. The molecule has 4 unspecified atom stereocenters. The summed E-state index contributed by atoms with van der Waals surface area (Å²) in [5, 5.41) is 10.1. The van der Waals surface area contributed by atoms with Gasteiger partial charge in [-0.25, -0.2) is 4.39 Å². The maximum absolute atomic E-state index is 16.7. The largest absolute Gasteiger partial charge is 0.463 e. The molecule has 3 aromatic carbocycles. The third-order valence-corrected chi connectivity index (χ3v) is 9.45. The van der Waals surface area contributed by atoms with E-state index in [-0.39, 0.29) is 17.4 Å². The van der Waals surface area contributed by atoms with Crippen molar-refractivity contribution < 1.29 is 13.9 Å². The van der Waals surface area contributed by atoms with E-state index in [1.54, 1.807) is 0 Å². The van der Waals surface area contributed by atoms with Crippen LogP contribution in [-0.4, -0.2) is 67.5 Å². The summed E-state index contributed by atoms with van der Waals surface area (Å²) in [7, 11) is 0. The van der Waals surface area contributed by atoms with Crippen LogP contribution in [0, 0.1) is 11.7 Å².